The summed E-state index contributed by atoms with van der Waals surface area (Å²) in [4.78, 5) is 13.1. The van der Waals surface area contributed by atoms with E-state index in [9.17, 15) is 30.3 Å². The van der Waals surface area contributed by atoms with Crippen LogP contribution in [-0.4, -0.2) is 87.5 Å². The fourth-order valence-corrected chi connectivity index (χ4v) is 9.53. The van der Waals surface area contributed by atoms with Crippen LogP contribution < -0.4 is 5.32 Å². The third kappa shape index (κ3) is 44.0. The lowest BCUT2D eigenvalue weighted by Gasteiger charge is -2.40. The molecule has 0 aromatic carbocycles. The van der Waals surface area contributed by atoms with Gasteiger partial charge in [-0.3, -0.25) is 4.79 Å². The molecule has 1 aliphatic rings. The topological polar surface area (TPSA) is 149 Å². The van der Waals surface area contributed by atoms with Gasteiger partial charge in [0.25, 0.3) is 0 Å². The van der Waals surface area contributed by atoms with E-state index in [0.717, 1.165) is 70.6 Å². The number of carbonyl (C=O) groups is 1. The third-order valence-electron chi connectivity index (χ3n) is 14.4. The number of nitrogens with one attached hydrogen (secondary N) is 1. The molecule has 1 saturated heterocycles. The summed E-state index contributed by atoms with van der Waals surface area (Å²) in [7, 11) is 0. The fraction of sp³-hybridized carbons (Fsp3) is 0.773. The van der Waals surface area contributed by atoms with Gasteiger partial charge in [0.15, 0.2) is 6.29 Å². The van der Waals surface area contributed by atoms with Gasteiger partial charge in [0.2, 0.25) is 5.91 Å². The fourth-order valence-electron chi connectivity index (χ4n) is 9.53. The Hall–Kier alpha value is -2.63. The van der Waals surface area contributed by atoms with Crippen LogP contribution in [0.15, 0.2) is 85.1 Å². The molecule has 6 N–H and O–H groups in total. The molecule has 9 nitrogen and oxygen atoms in total. The van der Waals surface area contributed by atoms with E-state index in [0.29, 0.717) is 6.42 Å². The average Bonchev–Trinajstić information content (AvgIpc) is 3.41. The molecular weight excluding hydrogens is 935 g/mol. The van der Waals surface area contributed by atoms with Gasteiger partial charge in [0.1, 0.15) is 24.4 Å². The number of hydrogen-bond acceptors (Lipinski definition) is 8. The monoisotopic (exact) mass is 1050 g/mol. The van der Waals surface area contributed by atoms with Crippen LogP contribution in [0.3, 0.4) is 0 Å². The Morgan fingerprint density at radius 2 is 0.840 bits per heavy atom. The quantitative estimate of drug-likeness (QED) is 0.0261. The van der Waals surface area contributed by atoms with Crippen molar-refractivity contribution in [3.05, 3.63) is 85.1 Å². The van der Waals surface area contributed by atoms with Crippen LogP contribution in [0.4, 0.5) is 0 Å². The van der Waals surface area contributed by atoms with E-state index >= 15 is 0 Å². The van der Waals surface area contributed by atoms with Crippen molar-refractivity contribution < 1.29 is 39.8 Å². The Morgan fingerprint density at radius 1 is 0.467 bits per heavy atom. The molecule has 0 aromatic rings. The Kier molecular flexibility index (Phi) is 51.3. The minimum Gasteiger partial charge on any atom is -0.394 e. The Morgan fingerprint density at radius 3 is 1.28 bits per heavy atom. The van der Waals surface area contributed by atoms with Gasteiger partial charge in [-0.25, -0.2) is 0 Å². The van der Waals surface area contributed by atoms with Crippen LogP contribution in [-0.2, 0) is 14.3 Å². The van der Waals surface area contributed by atoms with Gasteiger partial charge in [-0.15, -0.1) is 0 Å². The normalized spacial score (nSPS) is 19.5. The second-order valence-corrected chi connectivity index (χ2v) is 21.4. The summed E-state index contributed by atoms with van der Waals surface area (Å²) in [5.41, 5.74) is 0. The molecule has 1 fully saturated rings. The number of aliphatic hydroxyl groups is 5. The zero-order valence-corrected chi connectivity index (χ0v) is 48.3. The molecular formula is C66H117NO8. The van der Waals surface area contributed by atoms with Crippen LogP contribution in [0.1, 0.15) is 271 Å². The van der Waals surface area contributed by atoms with Crippen LogP contribution in [0.25, 0.3) is 0 Å². The maximum Gasteiger partial charge on any atom is 0.220 e. The van der Waals surface area contributed by atoms with E-state index in [-0.39, 0.29) is 12.5 Å². The van der Waals surface area contributed by atoms with Crippen molar-refractivity contribution in [1.82, 2.24) is 5.32 Å². The molecule has 0 bridgehead atoms. The molecule has 0 aromatic heterocycles. The Balaban J connectivity index is 2.22. The van der Waals surface area contributed by atoms with Crippen LogP contribution >= 0.6 is 0 Å². The number of amides is 1. The Bertz CT molecular complexity index is 1450. The number of rotatable bonds is 53. The van der Waals surface area contributed by atoms with Crippen molar-refractivity contribution in [3.63, 3.8) is 0 Å². The summed E-state index contributed by atoms with van der Waals surface area (Å²) in [5, 5.41) is 54.6. The van der Waals surface area contributed by atoms with Gasteiger partial charge < -0.3 is 40.3 Å². The molecule has 1 aliphatic heterocycles. The summed E-state index contributed by atoms with van der Waals surface area (Å²) in [5.74, 6) is -0.192. The minimum atomic E-state index is -1.58. The van der Waals surface area contributed by atoms with Crippen molar-refractivity contribution in [2.75, 3.05) is 13.2 Å². The lowest BCUT2D eigenvalue weighted by Crippen LogP contribution is -2.60. The summed E-state index contributed by atoms with van der Waals surface area (Å²) in [6, 6.07) is -0.834. The van der Waals surface area contributed by atoms with Crippen molar-refractivity contribution in [2.24, 2.45) is 0 Å². The average molecular weight is 1050 g/mol. The number of unbranched alkanes of at least 4 members (excludes halogenated alkanes) is 31. The number of aliphatic hydroxyl groups excluding tert-OH is 5. The van der Waals surface area contributed by atoms with Gasteiger partial charge in [0.05, 0.1) is 25.4 Å². The first kappa shape index (κ1) is 70.4. The molecule has 1 rings (SSSR count). The summed E-state index contributed by atoms with van der Waals surface area (Å²) in [6.07, 6.45) is 70.9. The largest absolute Gasteiger partial charge is 0.394 e. The van der Waals surface area contributed by atoms with Crippen molar-refractivity contribution in [2.45, 2.75) is 314 Å². The molecule has 0 spiro atoms. The van der Waals surface area contributed by atoms with E-state index in [1.807, 2.05) is 6.08 Å². The molecule has 0 aliphatic carbocycles. The number of hydrogen-bond donors (Lipinski definition) is 6. The lowest BCUT2D eigenvalue weighted by atomic mass is 9.99. The van der Waals surface area contributed by atoms with Gasteiger partial charge in [-0.05, 0) is 83.5 Å². The summed E-state index contributed by atoms with van der Waals surface area (Å²) in [6.45, 7) is 3.67. The van der Waals surface area contributed by atoms with Gasteiger partial charge in [0, 0.05) is 6.42 Å². The second kappa shape index (κ2) is 54.7. The molecule has 7 atom stereocenters. The van der Waals surface area contributed by atoms with E-state index in [2.05, 4.69) is 92.1 Å². The van der Waals surface area contributed by atoms with E-state index in [4.69, 9.17) is 9.47 Å². The highest BCUT2D eigenvalue weighted by Crippen LogP contribution is 2.23. The number of ether oxygens (including phenoxy) is 2. The first-order chi connectivity index (χ1) is 36.8. The molecule has 434 valence electrons. The maximum atomic E-state index is 13.1. The van der Waals surface area contributed by atoms with E-state index < -0.39 is 49.5 Å². The second-order valence-electron chi connectivity index (χ2n) is 21.4. The lowest BCUT2D eigenvalue weighted by molar-refractivity contribution is -0.302. The predicted octanol–water partition coefficient (Wildman–Crippen LogP) is 16.2. The molecule has 75 heavy (non-hydrogen) atoms. The number of allylic oxidation sites excluding steroid dienone is 13. The van der Waals surface area contributed by atoms with Gasteiger partial charge in [-0.1, -0.05) is 266 Å². The molecule has 9 heteroatoms. The third-order valence-corrected chi connectivity index (χ3v) is 14.4. The zero-order chi connectivity index (χ0) is 54.3. The van der Waals surface area contributed by atoms with Gasteiger partial charge in [-0.2, -0.15) is 0 Å². The number of carbonyl (C=O) groups excluding carboxylic acids is 1. The predicted molar refractivity (Wildman–Crippen MR) is 318 cm³/mol. The minimum absolute atomic E-state index is 0.192. The smallest absolute Gasteiger partial charge is 0.220 e. The first-order valence-electron chi connectivity index (χ1n) is 31.3. The Labute approximate surface area is 461 Å². The van der Waals surface area contributed by atoms with Gasteiger partial charge >= 0.3 is 0 Å². The zero-order valence-electron chi connectivity index (χ0n) is 48.3. The molecule has 7 unspecified atom stereocenters. The SMILES string of the molecule is CC/C=C\C/C=C\C/C=C\C/C=C\CCCCCCCCCCCCCCCCC(=O)NC(COC1OC(CO)C(O)C(O)C1O)C(O)/C=C/CC/C=C/CC/C=C/CCCCCCCCCCCCCCCCC. The summed E-state index contributed by atoms with van der Waals surface area (Å²) < 4.78 is 11.3. The maximum absolute atomic E-state index is 13.1. The van der Waals surface area contributed by atoms with Crippen LogP contribution in [0.5, 0.6) is 0 Å². The van der Waals surface area contributed by atoms with Crippen molar-refractivity contribution in [1.29, 1.82) is 0 Å². The standard InChI is InChI=1S/C66H117NO8/c1-3-5-7-9-11-13-15-17-19-21-23-25-27-29-30-32-34-36-38-40-42-44-46-48-50-52-54-56-62(70)67-59(58-74-66-65(73)64(72)63(71)61(57-68)75-66)60(69)55-53-51-49-47-45-43-41-39-37-35-33-31-28-26-24-22-20-18-16-14-12-10-8-6-4-2/h5,7,11,13,17,19,23,25,37,39,45,47,53,55,59-61,63-66,68-69,71-73H,3-4,6,8-10,12,14-16,18,20-22,24,26-36,38,40-44,46,48-52,54,56-58H2,1-2H3,(H,67,70)/b7-5-,13-11-,19-17-,25-23-,39-37+,47-45+,55-53+. The summed E-state index contributed by atoms with van der Waals surface area (Å²) >= 11 is 0. The van der Waals surface area contributed by atoms with Crippen molar-refractivity contribution in [3.8, 4) is 0 Å². The van der Waals surface area contributed by atoms with Crippen molar-refractivity contribution >= 4 is 5.91 Å². The molecule has 0 saturated carbocycles. The highest BCUT2D eigenvalue weighted by atomic mass is 16.7. The van der Waals surface area contributed by atoms with Crippen LogP contribution in [0.2, 0.25) is 0 Å². The molecule has 1 heterocycles. The van der Waals surface area contributed by atoms with Crippen LogP contribution in [0, 0.1) is 0 Å². The van der Waals surface area contributed by atoms with E-state index in [1.54, 1.807) is 6.08 Å². The van der Waals surface area contributed by atoms with E-state index in [1.165, 1.54) is 180 Å². The highest BCUT2D eigenvalue weighted by Gasteiger charge is 2.44. The molecule has 1 amide bonds. The first-order valence-corrected chi connectivity index (χ1v) is 31.3. The highest BCUT2D eigenvalue weighted by molar-refractivity contribution is 5.76. The molecule has 0 radical (unpaired) electrons.